The van der Waals surface area contributed by atoms with Crippen LogP contribution < -0.4 is 11.1 Å². The van der Waals surface area contributed by atoms with Crippen molar-refractivity contribution in [1.29, 1.82) is 0 Å². The highest BCUT2D eigenvalue weighted by Gasteiger charge is 2.38. The zero-order chi connectivity index (χ0) is 38.2. The second kappa shape index (κ2) is 21.3. The predicted octanol–water partition coefficient (Wildman–Crippen LogP) is 4.67. The molecule has 0 aromatic heterocycles. The molecule has 6 atom stereocenters. The number of Topliss-reactive ketones (excluding diaryl/α,β-unsaturated/α-hetero) is 2. The average molecular weight is 715 g/mol. The number of fused-ring (bicyclic) bond motifs is 2. The number of ether oxygens (including phenoxy) is 4. The monoisotopic (exact) mass is 714 g/mol. The van der Waals surface area contributed by atoms with Gasteiger partial charge in [-0.25, -0.2) is 4.79 Å². The van der Waals surface area contributed by atoms with Crippen LogP contribution in [0, 0.1) is 11.8 Å². The summed E-state index contributed by atoms with van der Waals surface area (Å²) in [5.74, 6) is -2.61. The van der Waals surface area contributed by atoms with Crippen LogP contribution in [-0.2, 0) is 33.3 Å². The molecule has 2 aliphatic rings. The van der Waals surface area contributed by atoms with Crippen LogP contribution >= 0.6 is 0 Å². The maximum atomic E-state index is 14.3. The molecule has 2 rings (SSSR count). The molecule has 13 heteroatoms. The van der Waals surface area contributed by atoms with Crippen molar-refractivity contribution < 1.29 is 43.2 Å². The highest BCUT2D eigenvalue weighted by Crippen LogP contribution is 2.31. The molecule has 0 aromatic rings. The third-order valence-corrected chi connectivity index (χ3v) is 9.03. The minimum absolute atomic E-state index is 0.0831. The van der Waals surface area contributed by atoms with E-state index in [0.717, 1.165) is 25.7 Å². The maximum Gasteiger partial charge on any atom is 0.405 e. The molecule has 1 aliphatic heterocycles. The van der Waals surface area contributed by atoms with Gasteiger partial charge >= 0.3 is 6.09 Å². The van der Waals surface area contributed by atoms with Crippen molar-refractivity contribution in [2.24, 2.45) is 22.7 Å². The standard InChI is InChI=1S/C38H58N4O9/c1-10-12-17-42(18-13-11-2)40-22-28-31-33(44)27(36(50-9)34(28)45)19-23(3)20-30(49-8)32(43)25(5)21-26(6)35(51-38(39)47)29(48-7)16-14-15-24(4)37(46)41-31/h14-16,21-23,25,29-30,32,35,43H,10-13,17-20H2,1-9H3,(H2,39,47)(H,41,46)/b16-14-,24-15-,26-21+,40-22?. The summed E-state index contributed by atoms with van der Waals surface area (Å²) in [6, 6.07) is 0. The Hall–Kier alpha value is -4.07. The number of amides is 2. The van der Waals surface area contributed by atoms with Gasteiger partial charge in [-0.1, -0.05) is 64.8 Å². The van der Waals surface area contributed by atoms with E-state index in [2.05, 4.69) is 24.3 Å². The third-order valence-electron chi connectivity index (χ3n) is 9.03. The first-order valence-electron chi connectivity index (χ1n) is 17.7. The molecule has 13 nitrogen and oxygen atoms in total. The molecule has 2 bridgehead atoms. The molecule has 6 unspecified atom stereocenters. The van der Waals surface area contributed by atoms with Gasteiger partial charge < -0.3 is 35.1 Å². The third kappa shape index (κ3) is 12.3. The van der Waals surface area contributed by atoms with E-state index in [1.54, 1.807) is 39.0 Å². The van der Waals surface area contributed by atoms with E-state index in [0.29, 0.717) is 25.1 Å². The fourth-order valence-electron chi connectivity index (χ4n) is 6.04. The van der Waals surface area contributed by atoms with Crippen molar-refractivity contribution in [2.45, 2.75) is 104 Å². The van der Waals surface area contributed by atoms with Crippen molar-refractivity contribution >= 4 is 29.8 Å². The van der Waals surface area contributed by atoms with Crippen molar-refractivity contribution in [1.82, 2.24) is 10.3 Å². The summed E-state index contributed by atoms with van der Waals surface area (Å²) in [6.07, 6.45) is 7.45. The van der Waals surface area contributed by atoms with Crippen LogP contribution in [0.2, 0.25) is 0 Å². The van der Waals surface area contributed by atoms with Crippen LogP contribution in [-0.4, -0.2) is 98.7 Å². The maximum absolute atomic E-state index is 14.3. The normalized spacial score (nSPS) is 28.5. The van der Waals surface area contributed by atoms with Gasteiger partial charge in [0.25, 0.3) is 5.91 Å². The predicted molar refractivity (Wildman–Crippen MR) is 195 cm³/mol. The number of primary amides is 1. The van der Waals surface area contributed by atoms with Crippen LogP contribution in [0.5, 0.6) is 0 Å². The van der Waals surface area contributed by atoms with Crippen LogP contribution in [0.4, 0.5) is 4.79 Å². The highest BCUT2D eigenvalue weighted by atomic mass is 16.6. The first kappa shape index (κ1) is 43.1. The molecule has 51 heavy (non-hydrogen) atoms. The van der Waals surface area contributed by atoms with Gasteiger partial charge in [-0.3, -0.25) is 19.4 Å². The van der Waals surface area contributed by atoms with Gasteiger partial charge in [0.05, 0.1) is 31.1 Å². The van der Waals surface area contributed by atoms with Crippen molar-refractivity contribution in [2.75, 3.05) is 34.4 Å². The largest absolute Gasteiger partial charge is 0.492 e. The van der Waals surface area contributed by atoms with Crippen LogP contribution in [0.1, 0.15) is 80.1 Å². The number of hydrogen-bond donors (Lipinski definition) is 3. The van der Waals surface area contributed by atoms with Gasteiger partial charge in [0.1, 0.15) is 11.8 Å². The number of allylic oxidation sites excluding steroid dienone is 4. The van der Waals surface area contributed by atoms with Crippen molar-refractivity contribution in [3.05, 3.63) is 58.1 Å². The van der Waals surface area contributed by atoms with Gasteiger partial charge in [-0.15, -0.1) is 0 Å². The molecule has 2 amide bonds. The molecule has 0 saturated carbocycles. The Kier molecular flexibility index (Phi) is 18.0. The Balaban J connectivity index is 2.77. The quantitative estimate of drug-likeness (QED) is 0.111. The zero-order valence-corrected chi connectivity index (χ0v) is 31.7. The number of nitrogens with one attached hydrogen (secondary N) is 1. The number of hydrazone groups is 1. The van der Waals surface area contributed by atoms with Crippen molar-refractivity contribution in [3.63, 3.8) is 0 Å². The Morgan fingerprint density at radius 3 is 2.25 bits per heavy atom. The fraction of sp³-hybridized carbons (Fsp3) is 0.605. The Bertz CT molecular complexity index is 1420. The number of carbonyl (C=O) groups excluding carboxylic acids is 4. The smallest absolute Gasteiger partial charge is 0.405 e. The number of nitrogens with two attached hydrogens (primary N) is 1. The van der Waals surface area contributed by atoms with E-state index < -0.39 is 53.9 Å². The SMILES string of the molecule is CCCCN(CCCC)N=CC1=C2NC(=O)/C(C)=C\C=C/C(OC)C(OC(N)=O)/C(C)=C/C(C)C(O)C(OC)CC(C)CC(=C(OC)C1=O)C2=O. The molecular formula is C38H58N4O9. The summed E-state index contributed by atoms with van der Waals surface area (Å²) < 4.78 is 22.3. The summed E-state index contributed by atoms with van der Waals surface area (Å²) in [4.78, 5) is 53.7. The minimum atomic E-state index is -1.01. The molecule has 0 aromatic carbocycles. The van der Waals surface area contributed by atoms with Gasteiger partial charge in [0, 0.05) is 44.4 Å². The number of carbonyl (C=O) groups is 4. The number of methoxy groups -OCH3 is 3. The van der Waals surface area contributed by atoms with Gasteiger partial charge in [0.2, 0.25) is 11.6 Å². The van der Waals surface area contributed by atoms with Gasteiger partial charge in [-0.2, -0.15) is 5.10 Å². The molecular weight excluding hydrogens is 656 g/mol. The van der Waals surface area contributed by atoms with Gasteiger partial charge in [-0.05, 0) is 51.0 Å². The van der Waals surface area contributed by atoms with E-state index >= 15 is 0 Å². The summed E-state index contributed by atoms with van der Waals surface area (Å²) in [6.45, 7) is 12.5. The first-order chi connectivity index (χ1) is 24.2. The number of ketones is 2. The molecule has 0 radical (unpaired) electrons. The number of hydrogen-bond acceptors (Lipinski definition) is 11. The lowest BCUT2D eigenvalue weighted by molar-refractivity contribution is -0.121. The van der Waals surface area contributed by atoms with E-state index in [1.165, 1.54) is 33.6 Å². The number of nitrogens with zero attached hydrogens (tertiary/aromatic N) is 2. The molecule has 1 heterocycles. The fourth-order valence-corrected chi connectivity index (χ4v) is 6.04. The number of rotatable bonds is 12. The Labute approximate surface area is 302 Å². The lowest BCUT2D eigenvalue weighted by Crippen LogP contribution is -2.38. The minimum Gasteiger partial charge on any atom is -0.492 e. The summed E-state index contributed by atoms with van der Waals surface area (Å²) in [5.41, 5.74) is 6.02. The molecule has 4 N–H and O–H groups in total. The van der Waals surface area contributed by atoms with E-state index in [9.17, 15) is 24.3 Å². The number of aliphatic hydroxyl groups excluding tert-OH is 1. The Morgan fingerprint density at radius 1 is 1.06 bits per heavy atom. The Morgan fingerprint density at radius 2 is 1.71 bits per heavy atom. The second-order valence-electron chi connectivity index (χ2n) is 13.2. The molecule has 0 fully saturated rings. The summed E-state index contributed by atoms with van der Waals surface area (Å²) in [7, 11) is 4.26. The van der Waals surface area contributed by atoms with Crippen LogP contribution in [0.3, 0.4) is 0 Å². The van der Waals surface area contributed by atoms with Crippen LogP contribution in [0.25, 0.3) is 0 Å². The van der Waals surface area contributed by atoms with Gasteiger partial charge in [0.15, 0.2) is 11.9 Å². The lowest BCUT2D eigenvalue weighted by Gasteiger charge is -2.30. The number of unbranched alkanes of at least 4 members (excludes halogenated alkanes) is 2. The highest BCUT2D eigenvalue weighted by molar-refractivity contribution is 6.32. The average Bonchev–Trinajstić information content (AvgIpc) is 3.09. The first-order valence-corrected chi connectivity index (χ1v) is 17.7. The molecule has 1 aliphatic carbocycles. The summed E-state index contributed by atoms with van der Waals surface area (Å²) in [5, 5.41) is 20.5. The summed E-state index contributed by atoms with van der Waals surface area (Å²) >= 11 is 0. The van der Waals surface area contributed by atoms with E-state index in [1.807, 2.05) is 11.9 Å². The number of aliphatic hydroxyl groups is 1. The molecule has 284 valence electrons. The topological polar surface area (TPSA) is 179 Å². The van der Waals surface area contributed by atoms with Crippen molar-refractivity contribution in [3.8, 4) is 0 Å². The van der Waals surface area contributed by atoms with E-state index in [-0.39, 0.29) is 40.5 Å². The van der Waals surface area contributed by atoms with Crippen LogP contribution in [0.15, 0.2) is 63.2 Å². The molecule has 0 spiro atoms. The van der Waals surface area contributed by atoms with E-state index in [4.69, 9.17) is 24.7 Å². The second-order valence-corrected chi connectivity index (χ2v) is 13.2. The molecule has 0 saturated heterocycles. The lowest BCUT2D eigenvalue weighted by atomic mass is 9.84. The zero-order valence-electron chi connectivity index (χ0n) is 31.7.